The maximum absolute atomic E-state index is 13.4. The number of aliphatic hydroxyl groups excluding tert-OH is 1. The van der Waals surface area contributed by atoms with Gasteiger partial charge in [-0.1, -0.05) is 17.7 Å². The summed E-state index contributed by atoms with van der Waals surface area (Å²) in [7, 11) is -2.28. The molecule has 3 rings (SSSR count). The number of rotatable bonds is 8. The van der Waals surface area contributed by atoms with E-state index in [-0.39, 0.29) is 11.4 Å². The molecule has 1 fully saturated rings. The van der Waals surface area contributed by atoms with E-state index in [1.54, 1.807) is 55.6 Å². The van der Waals surface area contributed by atoms with Crippen LogP contribution in [0.2, 0.25) is 0 Å². The van der Waals surface area contributed by atoms with Gasteiger partial charge in [-0.3, -0.25) is 9.21 Å². The second-order valence-electron chi connectivity index (χ2n) is 7.11. The van der Waals surface area contributed by atoms with Crippen LogP contribution in [0.5, 0.6) is 5.75 Å². The number of aliphatic hydroxyl groups is 1. The minimum Gasteiger partial charge on any atom is -0.497 e. The number of benzene rings is 2. The van der Waals surface area contributed by atoms with Crippen molar-refractivity contribution < 1.29 is 23.0 Å². The number of anilines is 1. The molecule has 1 N–H and O–H groups in total. The van der Waals surface area contributed by atoms with Crippen LogP contribution in [-0.4, -0.2) is 71.0 Å². The summed E-state index contributed by atoms with van der Waals surface area (Å²) in [5.41, 5.74) is 1.46. The van der Waals surface area contributed by atoms with Gasteiger partial charge in [-0.15, -0.1) is 0 Å². The predicted octanol–water partition coefficient (Wildman–Crippen LogP) is 1.89. The average Bonchev–Trinajstić information content (AvgIpc) is 2.73. The Morgan fingerprint density at radius 1 is 1.10 bits per heavy atom. The molecule has 0 amide bonds. The average molecular weight is 421 g/mol. The Morgan fingerprint density at radius 2 is 1.72 bits per heavy atom. The van der Waals surface area contributed by atoms with Crippen LogP contribution < -0.4 is 9.04 Å². The van der Waals surface area contributed by atoms with Gasteiger partial charge >= 0.3 is 0 Å². The molecular weight excluding hydrogens is 392 g/mol. The molecule has 1 aliphatic rings. The molecule has 0 bridgehead atoms. The summed E-state index contributed by atoms with van der Waals surface area (Å²) in [4.78, 5) is 2.27. The molecule has 2 aromatic carbocycles. The molecule has 1 atom stereocenters. The number of nitrogens with zero attached hydrogens (tertiary/aromatic N) is 2. The summed E-state index contributed by atoms with van der Waals surface area (Å²) >= 11 is 0. The molecule has 158 valence electrons. The summed E-state index contributed by atoms with van der Waals surface area (Å²) in [5, 5.41) is 10.7. The second kappa shape index (κ2) is 9.58. The van der Waals surface area contributed by atoms with Crippen molar-refractivity contribution in [1.82, 2.24) is 4.90 Å². The molecule has 29 heavy (non-hydrogen) atoms. The first kappa shape index (κ1) is 21.6. The lowest BCUT2D eigenvalue weighted by molar-refractivity contribution is 0.0166. The van der Waals surface area contributed by atoms with Gasteiger partial charge in [0, 0.05) is 19.6 Å². The van der Waals surface area contributed by atoms with E-state index in [4.69, 9.17) is 9.47 Å². The maximum Gasteiger partial charge on any atom is 0.264 e. The van der Waals surface area contributed by atoms with Gasteiger partial charge in [0.25, 0.3) is 10.0 Å². The zero-order valence-electron chi connectivity index (χ0n) is 16.8. The fraction of sp³-hybridized carbons (Fsp3) is 0.429. The van der Waals surface area contributed by atoms with Gasteiger partial charge in [0.15, 0.2) is 0 Å². The third-order valence-corrected chi connectivity index (χ3v) is 6.73. The Balaban J connectivity index is 1.86. The predicted molar refractivity (Wildman–Crippen MR) is 112 cm³/mol. The topological polar surface area (TPSA) is 79.3 Å². The Labute approximate surface area is 172 Å². The van der Waals surface area contributed by atoms with Gasteiger partial charge in [0.2, 0.25) is 0 Å². The van der Waals surface area contributed by atoms with E-state index < -0.39 is 16.1 Å². The fourth-order valence-corrected chi connectivity index (χ4v) is 4.76. The molecule has 2 aromatic rings. The molecule has 8 heteroatoms. The van der Waals surface area contributed by atoms with Crippen LogP contribution in [0, 0.1) is 6.92 Å². The highest BCUT2D eigenvalue weighted by Gasteiger charge is 2.28. The molecule has 1 aliphatic heterocycles. The number of ether oxygens (including phenoxy) is 2. The van der Waals surface area contributed by atoms with E-state index in [0.29, 0.717) is 31.2 Å². The Morgan fingerprint density at radius 3 is 2.31 bits per heavy atom. The molecule has 0 unspecified atom stereocenters. The van der Waals surface area contributed by atoms with Crippen molar-refractivity contribution in [2.45, 2.75) is 17.9 Å². The first-order chi connectivity index (χ1) is 13.9. The monoisotopic (exact) mass is 420 g/mol. The van der Waals surface area contributed by atoms with Crippen molar-refractivity contribution >= 4 is 15.7 Å². The van der Waals surface area contributed by atoms with Crippen LogP contribution in [0.3, 0.4) is 0 Å². The molecular formula is C21H28N2O5S. The van der Waals surface area contributed by atoms with Crippen LogP contribution >= 0.6 is 0 Å². The molecule has 0 aromatic heterocycles. The molecule has 0 radical (unpaired) electrons. The van der Waals surface area contributed by atoms with E-state index in [1.807, 2.05) is 6.92 Å². The van der Waals surface area contributed by atoms with E-state index in [0.717, 1.165) is 18.7 Å². The number of morpholine rings is 1. The lowest BCUT2D eigenvalue weighted by atomic mass is 10.2. The first-order valence-electron chi connectivity index (χ1n) is 9.62. The molecule has 0 saturated carbocycles. The highest BCUT2D eigenvalue weighted by molar-refractivity contribution is 7.92. The lowest BCUT2D eigenvalue weighted by Crippen LogP contribution is -2.46. The van der Waals surface area contributed by atoms with E-state index in [9.17, 15) is 13.5 Å². The van der Waals surface area contributed by atoms with Gasteiger partial charge < -0.3 is 14.6 Å². The van der Waals surface area contributed by atoms with Crippen LogP contribution in [0.25, 0.3) is 0 Å². The number of hydrogen-bond acceptors (Lipinski definition) is 6. The summed E-state index contributed by atoms with van der Waals surface area (Å²) < 4.78 is 38.5. The van der Waals surface area contributed by atoms with Gasteiger partial charge in [-0.05, 0) is 43.3 Å². The maximum atomic E-state index is 13.4. The number of hydrogen-bond donors (Lipinski definition) is 1. The Kier molecular flexibility index (Phi) is 7.13. The molecule has 1 heterocycles. The van der Waals surface area contributed by atoms with Crippen LogP contribution in [0.4, 0.5) is 5.69 Å². The smallest absolute Gasteiger partial charge is 0.264 e. The number of sulfonamides is 1. The van der Waals surface area contributed by atoms with E-state index in [2.05, 4.69) is 4.90 Å². The first-order valence-corrected chi connectivity index (χ1v) is 11.1. The summed E-state index contributed by atoms with van der Waals surface area (Å²) in [5.74, 6) is 0.635. The second-order valence-corrected chi connectivity index (χ2v) is 8.98. The van der Waals surface area contributed by atoms with Crippen molar-refractivity contribution in [3.05, 3.63) is 54.1 Å². The van der Waals surface area contributed by atoms with Gasteiger partial charge in [-0.2, -0.15) is 0 Å². The van der Waals surface area contributed by atoms with Gasteiger partial charge in [0.1, 0.15) is 5.75 Å². The van der Waals surface area contributed by atoms with Crippen molar-refractivity contribution in [2.24, 2.45) is 0 Å². The number of aryl methyl sites for hydroxylation is 1. The zero-order chi connectivity index (χ0) is 20.9. The molecule has 0 spiro atoms. The third kappa shape index (κ3) is 5.48. The van der Waals surface area contributed by atoms with E-state index in [1.165, 1.54) is 4.31 Å². The lowest BCUT2D eigenvalue weighted by Gasteiger charge is -2.31. The van der Waals surface area contributed by atoms with E-state index >= 15 is 0 Å². The van der Waals surface area contributed by atoms with Crippen LogP contribution in [-0.2, 0) is 14.8 Å². The fourth-order valence-electron chi connectivity index (χ4n) is 3.26. The van der Waals surface area contributed by atoms with Crippen molar-refractivity contribution in [2.75, 3.05) is 50.8 Å². The highest BCUT2D eigenvalue weighted by Crippen LogP contribution is 2.26. The Bertz CT molecular complexity index is 878. The summed E-state index contributed by atoms with van der Waals surface area (Å²) in [6.45, 7) is 4.95. The highest BCUT2D eigenvalue weighted by atomic mass is 32.2. The largest absolute Gasteiger partial charge is 0.497 e. The van der Waals surface area contributed by atoms with Crippen LogP contribution in [0.1, 0.15) is 5.56 Å². The van der Waals surface area contributed by atoms with Gasteiger partial charge in [0.05, 0.1) is 43.6 Å². The van der Waals surface area contributed by atoms with Crippen molar-refractivity contribution in [1.29, 1.82) is 0 Å². The molecule has 1 saturated heterocycles. The number of β-amino-alcohol motifs (C(OH)–C–C–N with tert-alkyl or cyclic N) is 1. The van der Waals surface area contributed by atoms with Gasteiger partial charge in [-0.25, -0.2) is 8.42 Å². The SMILES string of the molecule is COc1ccc(N(C[C@@H](O)CN2CCOCC2)S(=O)(=O)c2ccc(C)cc2)cc1. The zero-order valence-corrected chi connectivity index (χ0v) is 17.6. The quantitative estimate of drug-likeness (QED) is 0.703. The van der Waals surface area contributed by atoms with Crippen LogP contribution in [0.15, 0.2) is 53.4 Å². The van der Waals surface area contributed by atoms with Crippen molar-refractivity contribution in [3.63, 3.8) is 0 Å². The van der Waals surface area contributed by atoms with Crippen molar-refractivity contribution in [3.8, 4) is 5.75 Å². The molecule has 0 aliphatic carbocycles. The summed E-state index contributed by atoms with van der Waals surface area (Å²) in [6.07, 6.45) is -0.838. The molecule has 7 nitrogen and oxygen atoms in total. The minimum absolute atomic E-state index is 0.0418. The normalized spacial score (nSPS) is 16.4. The number of methoxy groups -OCH3 is 1. The third-order valence-electron chi connectivity index (χ3n) is 4.92. The Hall–Kier alpha value is -2.13. The standard InChI is InChI=1S/C21H28N2O5S/c1-17-3-9-21(10-4-17)29(25,26)23(18-5-7-20(27-2)8-6-18)16-19(24)15-22-11-13-28-14-12-22/h3-10,19,24H,11-16H2,1-2H3/t19-/m0/s1. The minimum atomic E-state index is -3.84. The summed E-state index contributed by atoms with van der Waals surface area (Å²) in [6, 6.07) is 13.5.